The summed E-state index contributed by atoms with van der Waals surface area (Å²) in [5, 5.41) is 0. The van der Waals surface area contributed by atoms with Crippen LogP contribution in [-0.4, -0.2) is 23.8 Å². The Kier molecular flexibility index (Phi) is 4.91. The van der Waals surface area contributed by atoms with Crippen molar-refractivity contribution in [2.24, 2.45) is 11.8 Å². The van der Waals surface area contributed by atoms with Gasteiger partial charge in [-0.15, -0.1) is 23.2 Å². The normalized spacial score (nSPS) is 28.9. The van der Waals surface area contributed by atoms with Gasteiger partial charge in [0.05, 0.1) is 0 Å². The van der Waals surface area contributed by atoms with E-state index in [1.165, 1.54) is 0 Å². The Labute approximate surface area is 102 Å². The number of hydrogen-bond acceptors (Lipinski definition) is 2. The van der Waals surface area contributed by atoms with Gasteiger partial charge in [0, 0.05) is 19.1 Å². The minimum atomic E-state index is -0.598. The zero-order valence-corrected chi connectivity index (χ0v) is 10.9. The highest BCUT2D eigenvalue weighted by Gasteiger charge is 2.58. The number of halogens is 2. The third-order valence-corrected chi connectivity index (χ3v) is 3.81. The Morgan fingerprint density at radius 2 is 1.73 bits per heavy atom. The van der Waals surface area contributed by atoms with Crippen LogP contribution in [0.1, 0.15) is 20.8 Å². The molecule has 2 nitrogen and oxygen atoms in total. The smallest absolute Gasteiger partial charge is 0.176 e. The molecule has 0 aromatic rings. The molecule has 2 unspecified atom stereocenters. The molecule has 1 aliphatic rings. The summed E-state index contributed by atoms with van der Waals surface area (Å²) in [6, 6.07) is 0. The van der Waals surface area contributed by atoms with Gasteiger partial charge < -0.3 is 9.47 Å². The first kappa shape index (κ1) is 13.3. The van der Waals surface area contributed by atoms with E-state index in [2.05, 4.69) is 0 Å². The standard InChI is InChI=1S/C11H18Cl2O2/c1-4-14-10(15-5-2)7-6-9-8(3)11(9,12)13/h6-10H,4-5H2,1-3H3/b7-6+. The molecule has 0 spiro atoms. The van der Waals surface area contributed by atoms with Gasteiger partial charge in [-0.2, -0.15) is 0 Å². The predicted octanol–water partition coefficient (Wildman–Crippen LogP) is 3.38. The van der Waals surface area contributed by atoms with Crippen LogP contribution < -0.4 is 0 Å². The maximum atomic E-state index is 6.03. The number of hydrogen-bond donors (Lipinski definition) is 0. The molecule has 0 aliphatic heterocycles. The highest BCUT2D eigenvalue weighted by molar-refractivity contribution is 6.51. The van der Waals surface area contributed by atoms with Crippen molar-refractivity contribution in [2.75, 3.05) is 13.2 Å². The Bertz CT molecular complexity index is 223. The minimum absolute atomic E-state index is 0.212. The molecule has 0 saturated heterocycles. The van der Waals surface area contributed by atoms with Crippen LogP contribution >= 0.6 is 23.2 Å². The molecule has 88 valence electrons. The summed E-state index contributed by atoms with van der Waals surface area (Å²) >= 11 is 12.1. The van der Waals surface area contributed by atoms with Gasteiger partial charge in [0.2, 0.25) is 0 Å². The fourth-order valence-electron chi connectivity index (χ4n) is 1.50. The molecule has 1 fully saturated rings. The second-order valence-electron chi connectivity index (χ2n) is 3.65. The zero-order chi connectivity index (χ0) is 11.5. The van der Waals surface area contributed by atoms with Crippen LogP contribution in [0.4, 0.5) is 0 Å². The second kappa shape index (κ2) is 5.53. The number of alkyl halides is 2. The van der Waals surface area contributed by atoms with Crippen LogP contribution in [0, 0.1) is 11.8 Å². The summed E-state index contributed by atoms with van der Waals surface area (Å²) in [4.78, 5) is 0. The van der Waals surface area contributed by atoms with Gasteiger partial charge in [-0.3, -0.25) is 0 Å². The van der Waals surface area contributed by atoms with Crippen molar-refractivity contribution in [3.05, 3.63) is 12.2 Å². The van der Waals surface area contributed by atoms with Gasteiger partial charge >= 0.3 is 0 Å². The van der Waals surface area contributed by atoms with Gasteiger partial charge in [-0.1, -0.05) is 13.0 Å². The summed E-state index contributed by atoms with van der Waals surface area (Å²) in [5.74, 6) is 0.519. The van der Waals surface area contributed by atoms with E-state index in [0.717, 1.165) is 0 Å². The molecule has 0 amide bonds. The van der Waals surface area contributed by atoms with Crippen molar-refractivity contribution in [3.63, 3.8) is 0 Å². The summed E-state index contributed by atoms with van der Waals surface area (Å²) in [7, 11) is 0. The van der Waals surface area contributed by atoms with Crippen molar-refractivity contribution in [1.82, 2.24) is 0 Å². The van der Waals surface area contributed by atoms with Crippen molar-refractivity contribution in [1.29, 1.82) is 0 Å². The third-order valence-electron chi connectivity index (χ3n) is 2.62. The van der Waals surface area contributed by atoms with Gasteiger partial charge in [0.25, 0.3) is 0 Å². The lowest BCUT2D eigenvalue weighted by atomic mass is 10.3. The number of rotatable bonds is 6. The molecule has 2 atom stereocenters. The lowest BCUT2D eigenvalue weighted by molar-refractivity contribution is -0.104. The molecule has 15 heavy (non-hydrogen) atoms. The number of allylic oxidation sites excluding steroid dienone is 1. The quantitative estimate of drug-likeness (QED) is 0.410. The molecule has 0 radical (unpaired) electrons. The molecule has 0 aromatic heterocycles. The molecule has 0 bridgehead atoms. The lowest BCUT2D eigenvalue weighted by Crippen LogP contribution is -2.14. The maximum absolute atomic E-state index is 6.03. The second-order valence-corrected chi connectivity index (χ2v) is 5.10. The number of ether oxygens (including phenoxy) is 2. The highest BCUT2D eigenvalue weighted by atomic mass is 35.5. The SMILES string of the molecule is CCOC(/C=C/C1C(C)C1(Cl)Cl)OCC. The van der Waals surface area contributed by atoms with Gasteiger partial charge in [-0.25, -0.2) is 0 Å². The molecular formula is C11H18Cl2O2. The minimum Gasteiger partial charge on any atom is -0.349 e. The van der Waals surface area contributed by atoms with Crippen LogP contribution in [-0.2, 0) is 9.47 Å². The summed E-state index contributed by atoms with van der Waals surface area (Å²) in [6.07, 6.45) is 3.60. The lowest BCUT2D eigenvalue weighted by Gasteiger charge is -2.12. The highest BCUT2D eigenvalue weighted by Crippen LogP contribution is 2.59. The van der Waals surface area contributed by atoms with Crippen molar-refractivity contribution >= 4 is 23.2 Å². The predicted molar refractivity (Wildman–Crippen MR) is 63.3 cm³/mol. The Morgan fingerprint density at radius 1 is 1.27 bits per heavy atom. The Hall–Kier alpha value is 0.240. The summed E-state index contributed by atoms with van der Waals surface area (Å²) < 4.78 is 10.1. The Morgan fingerprint density at radius 3 is 2.07 bits per heavy atom. The summed E-state index contributed by atoms with van der Waals surface area (Å²) in [5.41, 5.74) is 0. The third kappa shape index (κ3) is 3.35. The van der Waals surface area contributed by atoms with Crippen molar-refractivity contribution in [2.45, 2.75) is 31.4 Å². The largest absolute Gasteiger partial charge is 0.349 e. The van der Waals surface area contributed by atoms with E-state index >= 15 is 0 Å². The van der Waals surface area contributed by atoms with E-state index in [1.807, 2.05) is 32.9 Å². The van der Waals surface area contributed by atoms with Gasteiger partial charge in [0.1, 0.15) is 4.33 Å². The molecule has 1 rings (SSSR count). The fourth-order valence-corrected chi connectivity index (χ4v) is 2.17. The molecule has 1 saturated carbocycles. The van der Waals surface area contributed by atoms with Crippen molar-refractivity contribution < 1.29 is 9.47 Å². The molecule has 4 heteroatoms. The van der Waals surface area contributed by atoms with E-state index in [4.69, 9.17) is 32.7 Å². The molecule has 0 heterocycles. The van der Waals surface area contributed by atoms with E-state index in [1.54, 1.807) is 0 Å². The van der Waals surface area contributed by atoms with Crippen molar-refractivity contribution in [3.8, 4) is 0 Å². The van der Waals surface area contributed by atoms with E-state index < -0.39 is 4.33 Å². The van der Waals surface area contributed by atoms with E-state index in [-0.39, 0.29) is 12.2 Å². The first-order valence-electron chi connectivity index (χ1n) is 5.33. The molecular weight excluding hydrogens is 235 g/mol. The topological polar surface area (TPSA) is 18.5 Å². The molecule has 1 aliphatic carbocycles. The molecule has 0 N–H and O–H groups in total. The first-order valence-corrected chi connectivity index (χ1v) is 6.08. The van der Waals surface area contributed by atoms with Crippen LogP contribution in [0.3, 0.4) is 0 Å². The maximum Gasteiger partial charge on any atom is 0.176 e. The zero-order valence-electron chi connectivity index (χ0n) is 9.37. The molecule has 0 aromatic carbocycles. The monoisotopic (exact) mass is 252 g/mol. The van der Waals surface area contributed by atoms with Crippen LogP contribution in [0.15, 0.2) is 12.2 Å². The van der Waals surface area contributed by atoms with Gasteiger partial charge in [-0.05, 0) is 25.8 Å². The van der Waals surface area contributed by atoms with Crippen LogP contribution in [0.25, 0.3) is 0 Å². The van der Waals surface area contributed by atoms with E-state index in [0.29, 0.717) is 19.1 Å². The summed E-state index contributed by atoms with van der Waals surface area (Å²) in [6.45, 7) is 7.16. The average Bonchev–Trinajstić information content (AvgIpc) is 2.64. The van der Waals surface area contributed by atoms with Crippen LogP contribution in [0.5, 0.6) is 0 Å². The van der Waals surface area contributed by atoms with Crippen LogP contribution in [0.2, 0.25) is 0 Å². The Balaban J connectivity index is 2.41. The first-order chi connectivity index (χ1) is 7.04. The van der Waals surface area contributed by atoms with Gasteiger partial charge in [0.15, 0.2) is 6.29 Å². The van der Waals surface area contributed by atoms with E-state index in [9.17, 15) is 0 Å². The fraction of sp³-hybridized carbons (Fsp3) is 0.818. The average molecular weight is 253 g/mol.